The van der Waals surface area contributed by atoms with E-state index in [-0.39, 0.29) is 0 Å². The van der Waals surface area contributed by atoms with Crippen molar-refractivity contribution < 1.29 is 0 Å². The van der Waals surface area contributed by atoms with Crippen LogP contribution in [0.1, 0.15) is 44.6 Å². The van der Waals surface area contributed by atoms with Crippen LogP contribution in [0.3, 0.4) is 0 Å². The zero-order valence-electron chi connectivity index (χ0n) is 11.2. The average Bonchev–Trinajstić information content (AvgIpc) is 2.39. The van der Waals surface area contributed by atoms with Crippen LogP contribution < -0.4 is 0 Å². The van der Waals surface area contributed by atoms with E-state index in [0.29, 0.717) is 5.92 Å². The maximum atomic E-state index is 2.64. The van der Waals surface area contributed by atoms with E-state index in [2.05, 4.69) is 49.1 Å². The molecule has 0 saturated carbocycles. The molecule has 0 spiro atoms. The van der Waals surface area contributed by atoms with Gasteiger partial charge in [-0.15, -0.1) is 0 Å². The Morgan fingerprint density at radius 3 is 2.47 bits per heavy atom. The van der Waals surface area contributed by atoms with E-state index in [1.54, 1.807) is 0 Å². The molecule has 1 aliphatic rings. The molecule has 1 fully saturated rings. The maximum absolute atomic E-state index is 2.64. The highest BCUT2D eigenvalue weighted by molar-refractivity contribution is 5.18. The average molecular weight is 231 g/mol. The van der Waals surface area contributed by atoms with Crippen molar-refractivity contribution in [2.75, 3.05) is 19.6 Å². The van der Waals surface area contributed by atoms with Crippen molar-refractivity contribution in [1.82, 2.24) is 4.90 Å². The highest BCUT2D eigenvalue weighted by Crippen LogP contribution is 2.21. The SMILES string of the molecule is CC1CCN(CCC(C)c2ccccc2)CC1. The van der Waals surface area contributed by atoms with E-state index in [9.17, 15) is 0 Å². The molecule has 1 heteroatoms. The molecule has 94 valence electrons. The number of piperidine rings is 1. The molecule has 17 heavy (non-hydrogen) atoms. The summed E-state index contributed by atoms with van der Waals surface area (Å²) in [5.74, 6) is 1.63. The zero-order valence-corrected chi connectivity index (χ0v) is 11.2. The highest BCUT2D eigenvalue weighted by atomic mass is 15.1. The largest absolute Gasteiger partial charge is 0.303 e. The third-order valence-electron chi connectivity index (χ3n) is 4.12. The van der Waals surface area contributed by atoms with Gasteiger partial charge in [0.25, 0.3) is 0 Å². The van der Waals surface area contributed by atoms with Crippen LogP contribution in [0.4, 0.5) is 0 Å². The van der Waals surface area contributed by atoms with E-state index in [4.69, 9.17) is 0 Å². The molecule has 1 saturated heterocycles. The standard InChI is InChI=1S/C16H25N/c1-14-8-11-17(12-9-14)13-10-15(2)16-6-4-3-5-7-16/h3-7,14-15H,8-13H2,1-2H3. The van der Waals surface area contributed by atoms with E-state index < -0.39 is 0 Å². The Kier molecular flexibility index (Phi) is 4.61. The van der Waals surface area contributed by atoms with Crippen LogP contribution in [-0.2, 0) is 0 Å². The van der Waals surface area contributed by atoms with Crippen molar-refractivity contribution in [2.45, 2.75) is 39.0 Å². The summed E-state index contributed by atoms with van der Waals surface area (Å²) in [6.07, 6.45) is 4.07. The molecule has 0 aromatic heterocycles. The first-order valence-corrected chi connectivity index (χ1v) is 7.03. The molecule has 1 aliphatic heterocycles. The molecule has 1 nitrogen and oxygen atoms in total. The Balaban J connectivity index is 1.75. The summed E-state index contributed by atoms with van der Waals surface area (Å²) in [7, 11) is 0. The van der Waals surface area contributed by atoms with Gasteiger partial charge in [-0.3, -0.25) is 0 Å². The van der Waals surface area contributed by atoms with E-state index in [0.717, 1.165) is 5.92 Å². The van der Waals surface area contributed by atoms with E-state index >= 15 is 0 Å². The van der Waals surface area contributed by atoms with Crippen molar-refractivity contribution in [3.63, 3.8) is 0 Å². The first kappa shape index (κ1) is 12.6. The molecule has 0 radical (unpaired) electrons. The minimum atomic E-state index is 0.690. The summed E-state index contributed by atoms with van der Waals surface area (Å²) in [5.41, 5.74) is 1.48. The van der Waals surface area contributed by atoms with Crippen molar-refractivity contribution >= 4 is 0 Å². The third-order valence-corrected chi connectivity index (χ3v) is 4.12. The molecule has 1 atom stereocenters. The number of hydrogen-bond acceptors (Lipinski definition) is 1. The van der Waals surface area contributed by atoms with Gasteiger partial charge in [0.1, 0.15) is 0 Å². The van der Waals surface area contributed by atoms with Gasteiger partial charge >= 0.3 is 0 Å². The number of likely N-dealkylation sites (tertiary alicyclic amines) is 1. The topological polar surface area (TPSA) is 3.24 Å². The summed E-state index contributed by atoms with van der Waals surface area (Å²) in [6, 6.07) is 10.9. The zero-order chi connectivity index (χ0) is 12.1. The smallest absolute Gasteiger partial charge is 0.00130 e. The normalized spacial score (nSPS) is 20.4. The van der Waals surface area contributed by atoms with Crippen LogP contribution in [0, 0.1) is 5.92 Å². The number of hydrogen-bond donors (Lipinski definition) is 0. The molecular formula is C16H25N. The Labute approximate surface area is 106 Å². The van der Waals surface area contributed by atoms with Crippen LogP contribution in [0.5, 0.6) is 0 Å². The van der Waals surface area contributed by atoms with Gasteiger partial charge in [0.05, 0.1) is 0 Å². The molecule has 1 aromatic rings. The molecule has 0 bridgehead atoms. The van der Waals surface area contributed by atoms with Gasteiger partial charge in [0.2, 0.25) is 0 Å². The van der Waals surface area contributed by atoms with Gasteiger partial charge in [-0.25, -0.2) is 0 Å². The first-order valence-electron chi connectivity index (χ1n) is 7.03. The lowest BCUT2D eigenvalue weighted by Crippen LogP contribution is -2.34. The summed E-state index contributed by atoms with van der Waals surface area (Å²) < 4.78 is 0. The minimum Gasteiger partial charge on any atom is -0.303 e. The van der Waals surface area contributed by atoms with Crippen molar-refractivity contribution in [3.05, 3.63) is 35.9 Å². The van der Waals surface area contributed by atoms with E-state index in [1.165, 1.54) is 44.5 Å². The second kappa shape index (κ2) is 6.20. The Hall–Kier alpha value is -0.820. The van der Waals surface area contributed by atoms with Gasteiger partial charge in [-0.1, -0.05) is 44.2 Å². The van der Waals surface area contributed by atoms with Gasteiger partial charge in [0, 0.05) is 0 Å². The predicted molar refractivity (Wildman–Crippen MR) is 74.3 cm³/mol. The molecule has 0 N–H and O–H groups in total. The predicted octanol–water partition coefficient (Wildman–Crippen LogP) is 3.91. The van der Waals surface area contributed by atoms with Crippen molar-refractivity contribution in [1.29, 1.82) is 0 Å². The lowest BCUT2D eigenvalue weighted by molar-refractivity contribution is 0.187. The fourth-order valence-corrected chi connectivity index (χ4v) is 2.61. The Morgan fingerprint density at radius 1 is 1.18 bits per heavy atom. The number of rotatable bonds is 4. The molecule has 0 amide bonds. The lowest BCUT2D eigenvalue weighted by atomic mass is 9.96. The fourth-order valence-electron chi connectivity index (χ4n) is 2.61. The molecule has 2 rings (SSSR count). The first-order chi connectivity index (χ1) is 8.25. The van der Waals surface area contributed by atoms with Gasteiger partial charge in [-0.2, -0.15) is 0 Å². The summed E-state index contributed by atoms with van der Waals surface area (Å²) in [4.78, 5) is 2.64. The lowest BCUT2D eigenvalue weighted by Gasteiger charge is -2.30. The summed E-state index contributed by atoms with van der Waals surface area (Å²) >= 11 is 0. The fraction of sp³-hybridized carbons (Fsp3) is 0.625. The monoisotopic (exact) mass is 231 g/mol. The van der Waals surface area contributed by atoms with Crippen LogP contribution in [0.25, 0.3) is 0 Å². The quantitative estimate of drug-likeness (QED) is 0.759. The van der Waals surface area contributed by atoms with Crippen molar-refractivity contribution in [2.24, 2.45) is 5.92 Å². The van der Waals surface area contributed by atoms with Gasteiger partial charge < -0.3 is 4.90 Å². The van der Waals surface area contributed by atoms with Crippen LogP contribution >= 0.6 is 0 Å². The molecule has 1 aromatic carbocycles. The molecule has 0 aliphatic carbocycles. The molecule has 1 unspecified atom stereocenters. The third kappa shape index (κ3) is 3.85. The van der Waals surface area contributed by atoms with Crippen LogP contribution in [0.15, 0.2) is 30.3 Å². The number of benzene rings is 1. The minimum absolute atomic E-state index is 0.690. The summed E-state index contributed by atoms with van der Waals surface area (Å²) in [5, 5.41) is 0. The van der Waals surface area contributed by atoms with Crippen molar-refractivity contribution in [3.8, 4) is 0 Å². The summed E-state index contributed by atoms with van der Waals surface area (Å²) in [6.45, 7) is 8.61. The second-order valence-electron chi connectivity index (χ2n) is 5.62. The highest BCUT2D eigenvalue weighted by Gasteiger charge is 2.16. The maximum Gasteiger partial charge on any atom is -0.00130 e. The molecule has 1 heterocycles. The van der Waals surface area contributed by atoms with Crippen LogP contribution in [0.2, 0.25) is 0 Å². The van der Waals surface area contributed by atoms with Gasteiger partial charge in [-0.05, 0) is 56.3 Å². The van der Waals surface area contributed by atoms with E-state index in [1.807, 2.05) is 0 Å². The van der Waals surface area contributed by atoms with Crippen LogP contribution in [-0.4, -0.2) is 24.5 Å². The second-order valence-corrected chi connectivity index (χ2v) is 5.62. The Bertz CT molecular complexity index is 312. The Morgan fingerprint density at radius 2 is 1.82 bits per heavy atom. The number of nitrogens with zero attached hydrogens (tertiary/aromatic N) is 1. The van der Waals surface area contributed by atoms with Gasteiger partial charge in [0.15, 0.2) is 0 Å². The molecular weight excluding hydrogens is 206 g/mol.